The van der Waals surface area contributed by atoms with Crippen molar-refractivity contribution in [3.8, 4) is 27.9 Å². The van der Waals surface area contributed by atoms with E-state index in [0.29, 0.717) is 0 Å². The maximum absolute atomic E-state index is 6.13. The number of para-hydroxylation sites is 3. The van der Waals surface area contributed by atoms with Gasteiger partial charge in [0, 0.05) is 31.9 Å². The van der Waals surface area contributed by atoms with Crippen molar-refractivity contribution >= 4 is 64.5 Å². The second-order valence-electron chi connectivity index (χ2n) is 10.6. The largest absolute Gasteiger partial charge is 0.456 e. The van der Waals surface area contributed by atoms with Crippen LogP contribution in [0.5, 0.6) is 0 Å². The van der Waals surface area contributed by atoms with Gasteiger partial charge in [0.05, 0.1) is 15.7 Å². The Kier molecular flexibility index (Phi) is 4.80. The number of nitrogens with zero attached hydrogens (tertiary/aromatic N) is 1. The molecule has 0 aliphatic rings. The molecule has 0 fully saturated rings. The fraction of sp³-hybridized carbons (Fsp3) is 0. The lowest BCUT2D eigenvalue weighted by Crippen LogP contribution is -1.92. The van der Waals surface area contributed by atoms with Crippen molar-refractivity contribution in [2.45, 2.75) is 0 Å². The minimum Gasteiger partial charge on any atom is -0.456 e. The smallest absolute Gasteiger partial charge is 0.136 e. The van der Waals surface area contributed by atoms with Crippen LogP contribution in [0.15, 0.2) is 144 Å². The first-order chi connectivity index (χ1) is 20.3. The number of hydrogen-bond acceptors (Lipinski definition) is 2. The van der Waals surface area contributed by atoms with Crippen LogP contribution in [0.25, 0.3) is 81.1 Å². The molecule has 0 N–H and O–H groups in total. The van der Waals surface area contributed by atoms with Gasteiger partial charge in [0.2, 0.25) is 0 Å². The Morgan fingerprint density at radius 2 is 1.07 bits per heavy atom. The number of rotatable bonds is 3. The van der Waals surface area contributed by atoms with Crippen LogP contribution in [0, 0.1) is 0 Å². The molecular formula is C38H23NOS. The van der Waals surface area contributed by atoms with Gasteiger partial charge in [-0.2, -0.15) is 0 Å². The van der Waals surface area contributed by atoms with E-state index in [1.54, 1.807) is 0 Å². The van der Waals surface area contributed by atoms with E-state index in [4.69, 9.17) is 4.42 Å². The van der Waals surface area contributed by atoms with Crippen molar-refractivity contribution in [2.75, 3.05) is 0 Å². The lowest BCUT2D eigenvalue weighted by atomic mass is 9.99. The highest BCUT2D eigenvalue weighted by Crippen LogP contribution is 2.43. The summed E-state index contributed by atoms with van der Waals surface area (Å²) in [7, 11) is 0. The van der Waals surface area contributed by atoms with E-state index in [1.807, 2.05) is 23.5 Å². The Bertz CT molecular complexity index is 2410. The van der Waals surface area contributed by atoms with E-state index < -0.39 is 0 Å². The van der Waals surface area contributed by atoms with Gasteiger partial charge in [0.1, 0.15) is 11.2 Å². The third-order valence-corrected chi connectivity index (χ3v) is 9.40. The number of aromatic nitrogens is 1. The molecule has 3 heteroatoms. The lowest BCUT2D eigenvalue weighted by Gasteiger charge is -2.08. The van der Waals surface area contributed by atoms with Gasteiger partial charge in [-0.25, -0.2) is 0 Å². The lowest BCUT2D eigenvalue weighted by molar-refractivity contribution is 0.669. The van der Waals surface area contributed by atoms with Crippen LogP contribution in [0.4, 0.5) is 0 Å². The van der Waals surface area contributed by atoms with Crippen molar-refractivity contribution in [3.05, 3.63) is 140 Å². The minimum absolute atomic E-state index is 0.926. The summed E-state index contributed by atoms with van der Waals surface area (Å²) >= 11 is 1.89. The quantitative estimate of drug-likeness (QED) is 0.217. The van der Waals surface area contributed by atoms with E-state index in [2.05, 4.69) is 132 Å². The Morgan fingerprint density at radius 1 is 0.463 bits per heavy atom. The standard InChI is InChI=1S/C38H23NOS/c1-2-8-28(9-3-1)39-33-12-6-4-11-31(33)38-37(39)32-21-19-27(23-36(32)41-38)25-16-14-24(15-17-25)26-18-20-30-29-10-5-7-13-34(29)40-35(30)22-26/h1-23H. The minimum atomic E-state index is 0.926. The molecule has 192 valence electrons. The zero-order chi connectivity index (χ0) is 26.9. The van der Waals surface area contributed by atoms with Gasteiger partial charge in [0.25, 0.3) is 0 Å². The van der Waals surface area contributed by atoms with Gasteiger partial charge >= 0.3 is 0 Å². The average Bonchev–Trinajstić information content (AvgIpc) is 3.69. The van der Waals surface area contributed by atoms with Crippen LogP contribution in [-0.2, 0) is 0 Å². The molecule has 0 radical (unpaired) electrons. The second kappa shape index (κ2) is 8.69. The van der Waals surface area contributed by atoms with E-state index in [-0.39, 0.29) is 0 Å². The first-order valence-electron chi connectivity index (χ1n) is 13.9. The molecule has 9 rings (SSSR count). The zero-order valence-electron chi connectivity index (χ0n) is 22.0. The molecule has 6 aromatic carbocycles. The molecule has 0 aliphatic heterocycles. The molecule has 0 unspecified atom stereocenters. The summed E-state index contributed by atoms with van der Waals surface area (Å²) in [6, 6.07) is 49.9. The van der Waals surface area contributed by atoms with Gasteiger partial charge in [-0.15, -0.1) is 11.3 Å². The Hall–Kier alpha value is -5.12. The molecule has 3 heterocycles. The molecule has 0 atom stereocenters. The van der Waals surface area contributed by atoms with E-state index in [0.717, 1.165) is 27.5 Å². The van der Waals surface area contributed by atoms with Gasteiger partial charge in [-0.05, 0) is 64.7 Å². The summed E-state index contributed by atoms with van der Waals surface area (Å²) in [5.41, 5.74) is 10.4. The van der Waals surface area contributed by atoms with Crippen LogP contribution in [0.1, 0.15) is 0 Å². The summed E-state index contributed by atoms with van der Waals surface area (Å²) in [5, 5.41) is 4.92. The molecule has 0 bridgehead atoms. The Labute approximate surface area is 240 Å². The van der Waals surface area contributed by atoms with Crippen molar-refractivity contribution in [1.82, 2.24) is 4.57 Å². The monoisotopic (exact) mass is 541 g/mol. The van der Waals surface area contributed by atoms with E-state index in [9.17, 15) is 0 Å². The predicted molar refractivity (Wildman–Crippen MR) is 174 cm³/mol. The van der Waals surface area contributed by atoms with Gasteiger partial charge in [-0.3, -0.25) is 0 Å². The number of furan rings is 1. The third-order valence-electron chi connectivity index (χ3n) is 8.22. The predicted octanol–water partition coefficient (Wildman–Crippen LogP) is 11.2. The SMILES string of the molecule is c1ccc(-n2c3ccccc3c3sc4cc(-c5ccc(-c6ccc7c(c6)oc6ccccc67)cc5)ccc4c32)cc1. The molecular weight excluding hydrogens is 518 g/mol. The Morgan fingerprint density at radius 3 is 1.88 bits per heavy atom. The zero-order valence-corrected chi connectivity index (χ0v) is 22.9. The number of benzene rings is 6. The van der Waals surface area contributed by atoms with Crippen molar-refractivity contribution in [1.29, 1.82) is 0 Å². The van der Waals surface area contributed by atoms with Crippen molar-refractivity contribution in [3.63, 3.8) is 0 Å². The highest BCUT2D eigenvalue weighted by molar-refractivity contribution is 7.26. The average molecular weight is 542 g/mol. The molecule has 9 aromatic rings. The first kappa shape index (κ1) is 22.7. The highest BCUT2D eigenvalue weighted by Gasteiger charge is 2.18. The summed E-state index contributed by atoms with van der Waals surface area (Å²) in [4.78, 5) is 0. The van der Waals surface area contributed by atoms with Crippen LogP contribution in [0.2, 0.25) is 0 Å². The molecule has 0 saturated heterocycles. The summed E-state index contributed by atoms with van der Waals surface area (Å²) in [6.45, 7) is 0. The maximum Gasteiger partial charge on any atom is 0.136 e. The topological polar surface area (TPSA) is 18.1 Å². The van der Waals surface area contributed by atoms with E-state index in [1.165, 1.54) is 53.6 Å². The number of hydrogen-bond donors (Lipinski definition) is 0. The molecule has 0 spiro atoms. The summed E-state index contributed by atoms with van der Waals surface area (Å²) in [6.07, 6.45) is 0. The van der Waals surface area contributed by atoms with Gasteiger partial charge in [-0.1, -0.05) is 97.1 Å². The molecule has 41 heavy (non-hydrogen) atoms. The fourth-order valence-electron chi connectivity index (χ4n) is 6.25. The highest BCUT2D eigenvalue weighted by atomic mass is 32.1. The number of thiophene rings is 1. The van der Waals surface area contributed by atoms with Crippen molar-refractivity contribution < 1.29 is 4.42 Å². The van der Waals surface area contributed by atoms with Crippen LogP contribution in [-0.4, -0.2) is 4.57 Å². The van der Waals surface area contributed by atoms with Gasteiger partial charge < -0.3 is 8.98 Å². The summed E-state index contributed by atoms with van der Waals surface area (Å²) < 4.78 is 11.2. The molecule has 3 aromatic heterocycles. The van der Waals surface area contributed by atoms with Crippen LogP contribution in [0.3, 0.4) is 0 Å². The molecule has 0 amide bonds. The normalized spacial score (nSPS) is 11.9. The molecule has 2 nitrogen and oxygen atoms in total. The second-order valence-corrected chi connectivity index (χ2v) is 11.6. The molecule has 0 saturated carbocycles. The summed E-state index contributed by atoms with van der Waals surface area (Å²) in [5.74, 6) is 0. The Balaban J connectivity index is 1.13. The van der Waals surface area contributed by atoms with Gasteiger partial charge in [0.15, 0.2) is 0 Å². The van der Waals surface area contributed by atoms with Crippen LogP contribution < -0.4 is 0 Å². The maximum atomic E-state index is 6.13. The van der Waals surface area contributed by atoms with Crippen LogP contribution >= 0.6 is 11.3 Å². The fourth-order valence-corrected chi connectivity index (χ4v) is 7.52. The third kappa shape index (κ3) is 3.43. The molecule has 0 aliphatic carbocycles. The van der Waals surface area contributed by atoms with Crippen molar-refractivity contribution in [2.24, 2.45) is 0 Å². The van der Waals surface area contributed by atoms with E-state index >= 15 is 0 Å². The first-order valence-corrected chi connectivity index (χ1v) is 14.7. The number of fused-ring (bicyclic) bond motifs is 8.